The average Bonchev–Trinajstić information content (AvgIpc) is 2.81. The van der Waals surface area contributed by atoms with Crippen molar-refractivity contribution < 1.29 is 9.57 Å². The number of fused-ring (bicyclic) bond motifs is 4. The van der Waals surface area contributed by atoms with Crippen LogP contribution in [0.15, 0.2) is 47.5 Å². The van der Waals surface area contributed by atoms with Gasteiger partial charge in [0.15, 0.2) is 0 Å². The molecule has 1 atom stereocenters. The van der Waals surface area contributed by atoms with Gasteiger partial charge in [-0.2, -0.15) is 0 Å². The van der Waals surface area contributed by atoms with E-state index in [9.17, 15) is 0 Å². The van der Waals surface area contributed by atoms with Gasteiger partial charge in [-0.25, -0.2) is 14.9 Å². The lowest BCUT2D eigenvalue weighted by molar-refractivity contribution is -0.153. The molecule has 2 aliphatic heterocycles. The summed E-state index contributed by atoms with van der Waals surface area (Å²) in [5.74, 6) is 1.41. The Morgan fingerprint density at radius 3 is 2.62 bits per heavy atom. The molecule has 2 aliphatic rings. The van der Waals surface area contributed by atoms with Gasteiger partial charge in [-0.05, 0) is 39.0 Å². The maximum absolute atomic E-state index is 6.49. The van der Waals surface area contributed by atoms with Crippen LogP contribution in [0.25, 0.3) is 0 Å². The van der Waals surface area contributed by atoms with Crippen molar-refractivity contribution in [1.29, 1.82) is 0 Å². The van der Waals surface area contributed by atoms with Crippen LogP contribution < -0.4 is 10.1 Å². The SMILES string of the molecule is CN1OC2(N=C1NC(C)(C)C)c1ccccc1OCc1c(Cl)cccc12. The number of benzene rings is 2. The van der Waals surface area contributed by atoms with Crippen molar-refractivity contribution in [3.05, 3.63) is 64.2 Å². The summed E-state index contributed by atoms with van der Waals surface area (Å²) in [6, 6.07) is 13.6. The highest BCUT2D eigenvalue weighted by atomic mass is 35.5. The molecule has 4 rings (SSSR count). The minimum Gasteiger partial charge on any atom is -0.488 e. The Balaban J connectivity index is 1.97. The molecular formula is C20H22ClN3O2. The number of para-hydroxylation sites is 1. The van der Waals surface area contributed by atoms with E-state index in [4.69, 9.17) is 26.2 Å². The van der Waals surface area contributed by atoms with Gasteiger partial charge < -0.3 is 10.1 Å². The standard InChI is InChI=1S/C20H22ClN3O2/c1-19(2,3)22-18-23-20(26-24(18)4)14-9-7-10-16(21)13(14)12-25-17-11-6-5-8-15(17)20/h5-11H,12H2,1-4H3,(H,22,23). The highest BCUT2D eigenvalue weighted by molar-refractivity contribution is 6.31. The Morgan fingerprint density at radius 1 is 1.12 bits per heavy atom. The van der Waals surface area contributed by atoms with Crippen molar-refractivity contribution in [3.63, 3.8) is 0 Å². The lowest BCUT2D eigenvalue weighted by atomic mass is 9.91. The number of nitrogens with one attached hydrogen (secondary N) is 1. The maximum atomic E-state index is 6.49. The summed E-state index contributed by atoms with van der Waals surface area (Å²) in [5.41, 5.74) is 1.46. The van der Waals surface area contributed by atoms with E-state index in [1.807, 2.05) is 49.5 Å². The highest BCUT2D eigenvalue weighted by Gasteiger charge is 2.48. The molecule has 1 spiro atoms. The lowest BCUT2D eigenvalue weighted by Crippen LogP contribution is -2.46. The molecule has 0 aromatic heterocycles. The normalized spacial score (nSPS) is 21.6. The number of hydrogen-bond donors (Lipinski definition) is 1. The smallest absolute Gasteiger partial charge is 0.244 e. The van der Waals surface area contributed by atoms with E-state index in [1.54, 1.807) is 5.06 Å². The number of rotatable bonds is 0. The number of nitrogens with zero attached hydrogens (tertiary/aromatic N) is 2. The molecule has 1 unspecified atom stereocenters. The summed E-state index contributed by atoms with van der Waals surface area (Å²) in [4.78, 5) is 11.4. The van der Waals surface area contributed by atoms with Crippen LogP contribution in [0.2, 0.25) is 5.02 Å². The molecule has 6 heteroatoms. The summed E-state index contributed by atoms with van der Waals surface area (Å²) in [7, 11) is 1.85. The number of hydroxylamine groups is 2. The second-order valence-corrected chi connectivity index (χ2v) is 8.00. The molecule has 0 saturated heterocycles. The molecule has 0 radical (unpaired) electrons. The van der Waals surface area contributed by atoms with Crippen molar-refractivity contribution >= 4 is 17.6 Å². The monoisotopic (exact) mass is 371 g/mol. The van der Waals surface area contributed by atoms with E-state index in [0.29, 0.717) is 17.6 Å². The van der Waals surface area contributed by atoms with E-state index in [-0.39, 0.29) is 5.54 Å². The largest absolute Gasteiger partial charge is 0.488 e. The number of ether oxygens (including phenoxy) is 1. The summed E-state index contributed by atoms with van der Waals surface area (Å²) in [6.45, 7) is 6.63. The first-order chi connectivity index (χ1) is 12.3. The first kappa shape index (κ1) is 17.2. The zero-order valence-electron chi connectivity index (χ0n) is 15.3. The van der Waals surface area contributed by atoms with Gasteiger partial charge in [0.1, 0.15) is 12.4 Å². The topological polar surface area (TPSA) is 46.1 Å². The fraction of sp³-hybridized carbons (Fsp3) is 0.350. The van der Waals surface area contributed by atoms with Crippen LogP contribution in [0.1, 0.15) is 37.5 Å². The van der Waals surface area contributed by atoms with Crippen molar-refractivity contribution in [1.82, 2.24) is 10.4 Å². The summed E-state index contributed by atoms with van der Waals surface area (Å²) in [5, 5.41) is 5.74. The molecule has 26 heavy (non-hydrogen) atoms. The lowest BCUT2D eigenvalue weighted by Gasteiger charge is -2.28. The van der Waals surface area contributed by atoms with Crippen molar-refractivity contribution in [3.8, 4) is 5.75 Å². The van der Waals surface area contributed by atoms with Crippen LogP contribution in [0.5, 0.6) is 5.75 Å². The molecule has 1 N–H and O–H groups in total. The Kier molecular flexibility index (Phi) is 3.90. The van der Waals surface area contributed by atoms with Crippen molar-refractivity contribution in [2.75, 3.05) is 7.05 Å². The fourth-order valence-corrected chi connectivity index (χ4v) is 3.56. The molecule has 0 saturated carbocycles. The summed E-state index contributed by atoms with van der Waals surface area (Å²) >= 11 is 6.49. The van der Waals surface area contributed by atoms with Gasteiger partial charge in [0, 0.05) is 28.7 Å². The maximum Gasteiger partial charge on any atom is 0.244 e. The minimum absolute atomic E-state index is 0.153. The quantitative estimate of drug-likeness (QED) is 0.758. The molecule has 2 heterocycles. The van der Waals surface area contributed by atoms with Gasteiger partial charge in [-0.3, -0.25) is 0 Å². The predicted molar refractivity (Wildman–Crippen MR) is 102 cm³/mol. The van der Waals surface area contributed by atoms with Crippen LogP contribution >= 0.6 is 11.6 Å². The van der Waals surface area contributed by atoms with Gasteiger partial charge in [-0.1, -0.05) is 35.9 Å². The Bertz CT molecular complexity index is 891. The molecule has 0 amide bonds. The highest BCUT2D eigenvalue weighted by Crippen LogP contribution is 2.48. The Morgan fingerprint density at radius 2 is 1.85 bits per heavy atom. The number of hydrogen-bond acceptors (Lipinski definition) is 5. The predicted octanol–water partition coefficient (Wildman–Crippen LogP) is 4.05. The fourth-order valence-electron chi connectivity index (χ4n) is 3.33. The van der Waals surface area contributed by atoms with Gasteiger partial charge in [0.2, 0.25) is 11.7 Å². The number of aliphatic imine (C=N–C) groups is 1. The van der Waals surface area contributed by atoms with E-state index in [1.165, 1.54) is 0 Å². The zero-order valence-corrected chi connectivity index (χ0v) is 16.1. The Hall–Kier alpha value is -2.24. The minimum atomic E-state index is -1.03. The second kappa shape index (κ2) is 5.89. The second-order valence-electron chi connectivity index (χ2n) is 7.59. The van der Waals surface area contributed by atoms with Gasteiger partial charge in [0.05, 0.1) is 5.56 Å². The third-order valence-electron chi connectivity index (χ3n) is 4.43. The zero-order chi connectivity index (χ0) is 18.5. The summed E-state index contributed by atoms with van der Waals surface area (Å²) < 4.78 is 6.04. The molecule has 2 aromatic carbocycles. The molecule has 2 aromatic rings. The van der Waals surface area contributed by atoms with E-state index >= 15 is 0 Å². The molecule has 5 nitrogen and oxygen atoms in total. The van der Waals surface area contributed by atoms with Crippen LogP contribution in [0, 0.1) is 0 Å². The first-order valence-electron chi connectivity index (χ1n) is 8.61. The Labute approximate surface area is 158 Å². The molecule has 136 valence electrons. The third-order valence-corrected chi connectivity index (χ3v) is 4.78. The van der Waals surface area contributed by atoms with Crippen LogP contribution in [-0.2, 0) is 17.2 Å². The van der Waals surface area contributed by atoms with E-state index in [2.05, 4.69) is 26.1 Å². The average molecular weight is 372 g/mol. The van der Waals surface area contributed by atoms with Gasteiger partial charge in [0.25, 0.3) is 0 Å². The molecule has 0 aliphatic carbocycles. The molecule has 0 fully saturated rings. The number of guanidine groups is 1. The third kappa shape index (κ3) is 2.72. The molecule has 0 bridgehead atoms. The summed E-state index contributed by atoms with van der Waals surface area (Å²) in [6.07, 6.45) is 0. The number of halogens is 1. The van der Waals surface area contributed by atoms with E-state index < -0.39 is 5.72 Å². The van der Waals surface area contributed by atoms with Crippen LogP contribution in [0.4, 0.5) is 0 Å². The first-order valence-corrected chi connectivity index (χ1v) is 8.99. The van der Waals surface area contributed by atoms with Crippen LogP contribution in [-0.4, -0.2) is 23.6 Å². The van der Waals surface area contributed by atoms with Gasteiger partial charge in [-0.15, -0.1) is 0 Å². The van der Waals surface area contributed by atoms with Crippen molar-refractivity contribution in [2.24, 2.45) is 4.99 Å². The van der Waals surface area contributed by atoms with Crippen LogP contribution in [0.3, 0.4) is 0 Å². The van der Waals surface area contributed by atoms with Crippen molar-refractivity contribution in [2.45, 2.75) is 38.6 Å². The molecular weight excluding hydrogens is 350 g/mol. The van der Waals surface area contributed by atoms with Gasteiger partial charge >= 0.3 is 0 Å². The van der Waals surface area contributed by atoms with E-state index in [0.717, 1.165) is 22.4 Å².